The molecule has 1 aliphatic carbocycles. The fourth-order valence-electron chi connectivity index (χ4n) is 3.26. The molecule has 25 heavy (non-hydrogen) atoms. The van der Waals surface area contributed by atoms with Gasteiger partial charge in [-0.3, -0.25) is 4.79 Å². The highest BCUT2D eigenvalue weighted by Crippen LogP contribution is 2.37. The van der Waals surface area contributed by atoms with Crippen LogP contribution in [0.3, 0.4) is 0 Å². The van der Waals surface area contributed by atoms with E-state index in [1.807, 2.05) is 25.1 Å². The van der Waals surface area contributed by atoms with E-state index in [2.05, 4.69) is 17.6 Å². The molecule has 134 valence electrons. The summed E-state index contributed by atoms with van der Waals surface area (Å²) in [7, 11) is 0. The van der Waals surface area contributed by atoms with Crippen molar-refractivity contribution >= 4 is 23.1 Å². The number of hydrogen-bond acceptors (Lipinski definition) is 4. The van der Waals surface area contributed by atoms with Gasteiger partial charge in [0.15, 0.2) is 22.4 Å². The second-order valence-corrected chi connectivity index (χ2v) is 6.60. The fourth-order valence-corrected chi connectivity index (χ4v) is 3.50. The number of thiocarbonyl (C=S) groups is 1. The first-order valence-corrected chi connectivity index (χ1v) is 9.28. The second-order valence-electron chi connectivity index (χ2n) is 6.19. The minimum Gasteiger partial charge on any atom is -0.490 e. The van der Waals surface area contributed by atoms with Crippen LogP contribution in [0.5, 0.6) is 11.5 Å². The van der Waals surface area contributed by atoms with Crippen molar-refractivity contribution in [1.82, 2.24) is 10.6 Å². The van der Waals surface area contributed by atoms with Gasteiger partial charge in [-0.1, -0.05) is 13.0 Å². The number of nitrogens with one attached hydrogen (secondary N) is 2. The van der Waals surface area contributed by atoms with Crippen LogP contribution in [0.2, 0.25) is 0 Å². The van der Waals surface area contributed by atoms with E-state index < -0.39 is 0 Å². The maximum Gasteiger partial charge on any atom is 0.171 e. The molecular weight excluding hydrogens is 336 g/mol. The highest BCUT2D eigenvalue weighted by molar-refractivity contribution is 7.80. The normalized spacial score (nSPS) is 19.8. The summed E-state index contributed by atoms with van der Waals surface area (Å²) in [6.07, 6.45) is 3.24. The largest absolute Gasteiger partial charge is 0.490 e. The number of rotatable bonds is 6. The molecule has 1 unspecified atom stereocenters. The molecule has 5 nitrogen and oxygen atoms in total. The van der Waals surface area contributed by atoms with Gasteiger partial charge in [-0.2, -0.15) is 0 Å². The Kier molecular flexibility index (Phi) is 5.58. The van der Waals surface area contributed by atoms with Crippen molar-refractivity contribution in [3.8, 4) is 11.5 Å². The first kappa shape index (κ1) is 17.7. The fraction of sp³-hybridized carbons (Fsp3) is 0.474. The number of benzene rings is 1. The lowest BCUT2D eigenvalue weighted by Gasteiger charge is -2.34. The number of carbonyl (C=O) groups excluding carboxylic acids is 1. The smallest absolute Gasteiger partial charge is 0.171 e. The molecule has 0 saturated heterocycles. The van der Waals surface area contributed by atoms with E-state index in [9.17, 15) is 4.79 Å². The van der Waals surface area contributed by atoms with Gasteiger partial charge in [0, 0.05) is 17.7 Å². The van der Waals surface area contributed by atoms with Crippen molar-refractivity contribution in [1.29, 1.82) is 0 Å². The molecule has 0 spiro atoms. The van der Waals surface area contributed by atoms with Crippen molar-refractivity contribution in [2.24, 2.45) is 0 Å². The van der Waals surface area contributed by atoms with Gasteiger partial charge in [-0.25, -0.2) is 0 Å². The van der Waals surface area contributed by atoms with E-state index in [-0.39, 0.29) is 11.8 Å². The van der Waals surface area contributed by atoms with Gasteiger partial charge >= 0.3 is 0 Å². The zero-order valence-corrected chi connectivity index (χ0v) is 15.5. The quantitative estimate of drug-likeness (QED) is 0.758. The topological polar surface area (TPSA) is 59.6 Å². The zero-order chi connectivity index (χ0) is 17.8. The predicted octanol–water partition coefficient (Wildman–Crippen LogP) is 3.40. The number of carbonyl (C=O) groups is 1. The van der Waals surface area contributed by atoms with Crippen molar-refractivity contribution in [2.45, 2.75) is 45.6 Å². The Morgan fingerprint density at radius 1 is 1.20 bits per heavy atom. The van der Waals surface area contributed by atoms with Gasteiger partial charge in [-0.05, 0) is 56.1 Å². The molecule has 0 radical (unpaired) electrons. The summed E-state index contributed by atoms with van der Waals surface area (Å²) in [5, 5.41) is 6.95. The summed E-state index contributed by atoms with van der Waals surface area (Å²) in [4.78, 5) is 12.5. The Bertz CT molecular complexity index is 715. The maximum absolute atomic E-state index is 12.5. The van der Waals surface area contributed by atoms with Crippen LogP contribution in [0.1, 0.15) is 51.1 Å². The number of Topliss-reactive ketones (excluding diaryl/α,β-unsaturated/α-hetero) is 1. The maximum atomic E-state index is 12.5. The Morgan fingerprint density at radius 2 is 2.04 bits per heavy atom. The van der Waals surface area contributed by atoms with E-state index in [1.165, 1.54) is 0 Å². The van der Waals surface area contributed by atoms with E-state index in [4.69, 9.17) is 21.7 Å². The molecule has 0 amide bonds. The lowest BCUT2D eigenvalue weighted by atomic mass is 9.85. The van der Waals surface area contributed by atoms with Crippen LogP contribution in [0.15, 0.2) is 29.5 Å². The number of hydrogen-bond donors (Lipinski definition) is 2. The molecule has 2 aliphatic rings. The highest BCUT2D eigenvalue weighted by Gasteiger charge is 2.33. The van der Waals surface area contributed by atoms with Gasteiger partial charge < -0.3 is 20.1 Å². The van der Waals surface area contributed by atoms with Gasteiger partial charge in [0.05, 0.1) is 19.3 Å². The van der Waals surface area contributed by atoms with Crippen molar-refractivity contribution in [2.75, 3.05) is 13.2 Å². The minimum absolute atomic E-state index is 0.179. The van der Waals surface area contributed by atoms with E-state index in [0.717, 1.165) is 41.8 Å². The van der Waals surface area contributed by atoms with Gasteiger partial charge in [0.2, 0.25) is 0 Å². The molecule has 0 fully saturated rings. The van der Waals surface area contributed by atoms with Crippen LogP contribution in [0.4, 0.5) is 0 Å². The van der Waals surface area contributed by atoms with Crippen LogP contribution in [-0.2, 0) is 4.79 Å². The summed E-state index contributed by atoms with van der Waals surface area (Å²) in [5.74, 6) is 1.61. The molecular formula is C19H24N2O3S. The van der Waals surface area contributed by atoms with Crippen LogP contribution in [-0.4, -0.2) is 24.1 Å². The molecule has 1 aromatic carbocycles. The Balaban J connectivity index is 1.97. The van der Waals surface area contributed by atoms with Crippen LogP contribution in [0, 0.1) is 0 Å². The lowest BCUT2D eigenvalue weighted by molar-refractivity contribution is -0.116. The second kappa shape index (κ2) is 7.87. The molecule has 6 heteroatoms. The van der Waals surface area contributed by atoms with E-state index in [0.29, 0.717) is 30.5 Å². The summed E-state index contributed by atoms with van der Waals surface area (Å²) in [6.45, 7) is 5.20. The van der Waals surface area contributed by atoms with Gasteiger partial charge in [0.1, 0.15) is 0 Å². The molecule has 1 aromatic rings. The SMILES string of the molecule is CCCOc1ccc(C2NC(=S)NC3=C2C(=O)CCC3)cc1OCC. The van der Waals surface area contributed by atoms with Crippen molar-refractivity contribution < 1.29 is 14.3 Å². The van der Waals surface area contributed by atoms with E-state index in [1.54, 1.807) is 0 Å². The third-order valence-corrected chi connectivity index (χ3v) is 4.57. The van der Waals surface area contributed by atoms with Gasteiger partial charge in [-0.15, -0.1) is 0 Å². The van der Waals surface area contributed by atoms with Crippen LogP contribution < -0.4 is 20.1 Å². The third kappa shape index (κ3) is 3.79. The molecule has 1 aliphatic heterocycles. The molecule has 0 aromatic heterocycles. The van der Waals surface area contributed by atoms with Crippen molar-refractivity contribution in [3.63, 3.8) is 0 Å². The number of ketones is 1. The monoisotopic (exact) mass is 360 g/mol. The first-order valence-electron chi connectivity index (χ1n) is 8.87. The number of allylic oxidation sites excluding steroid dienone is 1. The van der Waals surface area contributed by atoms with Gasteiger partial charge in [0.25, 0.3) is 0 Å². The number of ether oxygens (including phenoxy) is 2. The summed E-state index contributed by atoms with van der Waals surface area (Å²) in [6, 6.07) is 5.60. The zero-order valence-electron chi connectivity index (χ0n) is 14.7. The highest BCUT2D eigenvalue weighted by atomic mass is 32.1. The third-order valence-electron chi connectivity index (χ3n) is 4.35. The first-order chi connectivity index (χ1) is 12.1. The summed E-state index contributed by atoms with van der Waals surface area (Å²) in [5.41, 5.74) is 2.71. The average molecular weight is 360 g/mol. The molecule has 1 atom stereocenters. The summed E-state index contributed by atoms with van der Waals surface area (Å²) >= 11 is 5.33. The Labute approximate surface area is 153 Å². The minimum atomic E-state index is -0.240. The molecule has 3 rings (SSSR count). The van der Waals surface area contributed by atoms with E-state index >= 15 is 0 Å². The molecule has 0 bridgehead atoms. The average Bonchev–Trinajstić information content (AvgIpc) is 2.60. The summed E-state index contributed by atoms with van der Waals surface area (Å²) < 4.78 is 11.5. The van der Waals surface area contributed by atoms with Crippen LogP contribution >= 0.6 is 12.2 Å². The standard InChI is InChI=1S/C19H24N2O3S/c1-3-10-24-15-9-8-12(11-16(15)23-4-2)18-17-13(20-19(25)21-18)6-5-7-14(17)22/h8-9,11,18H,3-7,10H2,1-2H3,(H2,20,21,25). The molecule has 1 heterocycles. The molecule has 0 saturated carbocycles. The Hall–Kier alpha value is -2.08. The van der Waals surface area contributed by atoms with Crippen LogP contribution in [0.25, 0.3) is 0 Å². The van der Waals surface area contributed by atoms with Crippen molar-refractivity contribution in [3.05, 3.63) is 35.0 Å². The Morgan fingerprint density at radius 3 is 2.80 bits per heavy atom. The molecule has 2 N–H and O–H groups in total. The predicted molar refractivity (Wildman–Crippen MR) is 101 cm³/mol. The lowest BCUT2D eigenvalue weighted by Crippen LogP contribution is -2.46.